The number of carboxylic acid groups (broad SMARTS) is 1. The molecule has 1 saturated carbocycles. The molecule has 0 amide bonds. The Labute approximate surface area is 103 Å². The summed E-state index contributed by atoms with van der Waals surface area (Å²) in [6.07, 6.45) is 5.51. The molecule has 0 atom stereocenters. The van der Waals surface area contributed by atoms with E-state index in [1.54, 1.807) is 6.20 Å². The van der Waals surface area contributed by atoms with Crippen molar-refractivity contribution in [2.24, 2.45) is 0 Å². The highest BCUT2D eigenvalue weighted by Crippen LogP contribution is 2.39. The molecule has 0 saturated heterocycles. The van der Waals surface area contributed by atoms with E-state index in [0.29, 0.717) is 11.7 Å². The molecule has 0 spiro atoms. The lowest BCUT2D eigenvalue weighted by Crippen LogP contribution is -2.09. The van der Waals surface area contributed by atoms with Crippen LogP contribution in [0.15, 0.2) is 24.5 Å². The number of nitrogen functional groups attached to an aromatic ring is 1. The third kappa shape index (κ3) is 1.71. The van der Waals surface area contributed by atoms with Crippen LogP contribution in [0.1, 0.15) is 34.8 Å². The van der Waals surface area contributed by atoms with E-state index >= 15 is 0 Å². The predicted molar refractivity (Wildman–Crippen MR) is 64.7 cm³/mol. The quantitative estimate of drug-likeness (QED) is 0.851. The molecule has 1 fully saturated rings. The van der Waals surface area contributed by atoms with Crippen LogP contribution < -0.4 is 5.73 Å². The first-order chi connectivity index (χ1) is 8.66. The maximum atomic E-state index is 11.0. The summed E-state index contributed by atoms with van der Waals surface area (Å²) in [5, 5.41) is 13.4. The van der Waals surface area contributed by atoms with Crippen molar-refractivity contribution >= 4 is 11.7 Å². The van der Waals surface area contributed by atoms with Gasteiger partial charge in [0.15, 0.2) is 5.82 Å². The van der Waals surface area contributed by atoms with Crippen molar-refractivity contribution in [1.29, 1.82) is 0 Å². The number of pyridine rings is 1. The van der Waals surface area contributed by atoms with E-state index in [9.17, 15) is 4.79 Å². The van der Waals surface area contributed by atoms with Crippen LogP contribution in [0.2, 0.25) is 0 Å². The number of anilines is 1. The van der Waals surface area contributed by atoms with E-state index < -0.39 is 5.97 Å². The van der Waals surface area contributed by atoms with E-state index in [4.69, 9.17) is 10.8 Å². The van der Waals surface area contributed by atoms with E-state index in [1.165, 1.54) is 16.9 Å². The van der Waals surface area contributed by atoms with Crippen LogP contribution in [0.25, 0.3) is 5.82 Å². The van der Waals surface area contributed by atoms with Crippen molar-refractivity contribution in [1.82, 2.24) is 14.8 Å². The van der Waals surface area contributed by atoms with Crippen LogP contribution in [0.4, 0.5) is 5.69 Å². The minimum absolute atomic E-state index is 0.0449. The third-order valence-corrected chi connectivity index (χ3v) is 3.02. The molecule has 3 N–H and O–H groups in total. The number of nitrogens with two attached hydrogens (primary N) is 1. The second-order valence-electron chi connectivity index (χ2n) is 4.36. The SMILES string of the molecule is Nc1c(C(=O)O)ccnc1-n1ccc(C2CC2)n1. The van der Waals surface area contributed by atoms with Crippen LogP contribution in [0, 0.1) is 0 Å². The van der Waals surface area contributed by atoms with Gasteiger partial charge in [0.1, 0.15) is 0 Å². The molecule has 6 heteroatoms. The van der Waals surface area contributed by atoms with E-state index in [0.717, 1.165) is 18.5 Å². The van der Waals surface area contributed by atoms with Crippen molar-refractivity contribution in [3.8, 4) is 5.82 Å². The number of hydrogen-bond donors (Lipinski definition) is 2. The maximum Gasteiger partial charge on any atom is 0.337 e. The number of rotatable bonds is 3. The number of aromatic carboxylic acids is 1. The van der Waals surface area contributed by atoms with Crippen molar-refractivity contribution in [2.75, 3.05) is 5.73 Å². The lowest BCUT2D eigenvalue weighted by molar-refractivity contribution is 0.0698. The number of hydrogen-bond acceptors (Lipinski definition) is 4. The van der Waals surface area contributed by atoms with Gasteiger partial charge in [-0.2, -0.15) is 5.10 Å². The normalized spacial score (nSPS) is 14.7. The Balaban J connectivity index is 2.04. The zero-order valence-corrected chi connectivity index (χ0v) is 9.58. The van der Waals surface area contributed by atoms with Gasteiger partial charge in [-0.1, -0.05) is 0 Å². The number of nitrogens with zero attached hydrogens (tertiary/aromatic N) is 3. The summed E-state index contributed by atoms with van der Waals surface area (Å²) in [7, 11) is 0. The summed E-state index contributed by atoms with van der Waals surface area (Å²) in [6, 6.07) is 3.30. The number of aromatic nitrogens is 3. The van der Waals surface area contributed by atoms with Crippen LogP contribution >= 0.6 is 0 Å². The summed E-state index contributed by atoms with van der Waals surface area (Å²) >= 11 is 0. The smallest absolute Gasteiger partial charge is 0.337 e. The Morgan fingerprint density at radius 2 is 2.22 bits per heavy atom. The fraction of sp³-hybridized carbons (Fsp3) is 0.250. The molecule has 0 aliphatic heterocycles. The van der Waals surface area contributed by atoms with Gasteiger partial charge < -0.3 is 10.8 Å². The van der Waals surface area contributed by atoms with Gasteiger partial charge in [-0.15, -0.1) is 0 Å². The second-order valence-corrected chi connectivity index (χ2v) is 4.36. The molecule has 0 aromatic carbocycles. The molecular weight excluding hydrogens is 232 g/mol. The van der Waals surface area contributed by atoms with Crippen molar-refractivity contribution < 1.29 is 9.90 Å². The highest BCUT2D eigenvalue weighted by Gasteiger charge is 2.26. The van der Waals surface area contributed by atoms with Crippen molar-refractivity contribution in [2.45, 2.75) is 18.8 Å². The average molecular weight is 244 g/mol. The monoisotopic (exact) mass is 244 g/mol. The zero-order valence-electron chi connectivity index (χ0n) is 9.58. The van der Waals surface area contributed by atoms with Gasteiger partial charge in [0.25, 0.3) is 0 Å². The maximum absolute atomic E-state index is 11.0. The molecule has 6 nitrogen and oxygen atoms in total. The zero-order chi connectivity index (χ0) is 12.7. The molecule has 2 heterocycles. The largest absolute Gasteiger partial charge is 0.478 e. The standard InChI is InChI=1S/C12H12N4O2/c13-10-8(12(17)18)3-5-14-11(10)16-6-4-9(15-16)7-1-2-7/h3-7H,1-2,13H2,(H,17,18). The molecule has 0 unspecified atom stereocenters. The minimum atomic E-state index is -1.06. The molecule has 1 aliphatic rings. The van der Waals surface area contributed by atoms with Gasteiger partial charge in [0.2, 0.25) is 0 Å². The van der Waals surface area contributed by atoms with Gasteiger partial charge in [-0.3, -0.25) is 0 Å². The Kier molecular flexibility index (Phi) is 2.29. The van der Waals surface area contributed by atoms with Crippen molar-refractivity contribution in [3.63, 3.8) is 0 Å². The van der Waals surface area contributed by atoms with Crippen LogP contribution in [-0.4, -0.2) is 25.8 Å². The molecule has 2 aromatic rings. The first-order valence-corrected chi connectivity index (χ1v) is 5.70. The molecule has 2 aromatic heterocycles. The summed E-state index contributed by atoms with van der Waals surface area (Å²) in [5.41, 5.74) is 7.00. The Bertz CT molecular complexity index is 616. The third-order valence-electron chi connectivity index (χ3n) is 3.02. The van der Waals surface area contributed by atoms with Gasteiger partial charge in [-0.25, -0.2) is 14.5 Å². The van der Waals surface area contributed by atoms with Crippen LogP contribution in [-0.2, 0) is 0 Å². The first kappa shape index (κ1) is 10.8. The Morgan fingerprint density at radius 1 is 1.44 bits per heavy atom. The topological polar surface area (TPSA) is 94.0 Å². The molecule has 92 valence electrons. The lowest BCUT2D eigenvalue weighted by Gasteiger charge is -2.06. The fourth-order valence-corrected chi connectivity index (χ4v) is 1.88. The molecule has 0 bridgehead atoms. The average Bonchev–Trinajstić information content (AvgIpc) is 3.08. The molecule has 0 radical (unpaired) electrons. The van der Waals surface area contributed by atoms with Gasteiger partial charge in [0.05, 0.1) is 16.9 Å². The van der Waals surface area contributed by atoms with E-state index in [-0.39, 0.29) is 11.3 Å². The lowest BCUT2D eigenvalue weighted by atomic mass is 10.2. The predicted octanol–water partition coefficient (Wildman–Crippen LogP) is 1.43. The van der Waals surface area contributed by atoms with E-state index in [1.807, 2.05) is 6.07 Å². The van der Waals surface area contributed by atoms with Gasteiger partial charge >= 0.3 is 5.97 Å². The molecule has 1 aliphatic carbocycles. The van der Waals surface area contributed by atoms with Crippen molar-refractivity contribution in [3.05, 3.63) is 35.8 Å². The molecular formula is C12H12N4O2. The van der Waals surface area contributed by atoms with E-state index in [2.05, 4.69) is 10.1 Å². The summed E-state index contributed by atoms with van der Waals surface area (Å²) < 4.78 is 1.54. The Morgan fingerprint density at radius 3 is 2.89 bits per heavy atom. The Hall–Kier alpha value is -2.37. The fourth-order valence-electron chi connectivity index (χ4n) is 1.88. The number of carboxylic acids is 1. The molecule has 3 rings (SSSR count). The van der Waals surface area contributed by atoms with Crippen LogP contribution in [0.3, 0.4) is 0 Å². The van der Waals surface area contributed by atoms with Gasteiger partial charge in [-0.05, 0) is 25.0 Å². The second kappa shape index (κ2) is 3.83. The first-order valence-electron chi connectivity index (χ1n) is 5.70. The van der Waals surface area contributed by atoms with Gasteiger partial charge in [0, 0.05) is 18.3 Å². The minimum Gasteiger partial charge on any atom is -0.478 e. The summed E-state index contributed by atoms with van der Waals surface area (Å²) in [6.45, 7) is 0. The highest BCUT2D eigenvalue weighted by molar-refractivity contribution is 5.95. The highest BCUT2D eigenvalue weighted by atomic mass is 16.4. The van der Waals surface area contributed by atoms with Crippen LogP contribution in [0.5, 0.6) is 0 Å². The molecule has 18 heavy (non-hydrogen) atoms. The summed E-state index contributed by atoms with van der Waals surface area (Å²) in [5.74, 6) is -0.164. The number of carbonyl (C=O) groups is 1. The summed E-state index contributed by atoms with van der Waals surface area (Å²) in [4.78, 5) is 15.1.